The van der Waals surface area contributed by atoms with E-state index in [9.17, 15) is 0 Å². The standard InChI is InChI=1S/C16H24N2/c1-3-7-15(8-4-1)16(9-5-2-6-10-16)18-13-11-17-12-14-18/h1,3-4,7-8,17H,2,5-6,9-14H2. The van der Waals surface area contributed by atoms with Crippen LogP contribution in [-0.2, 0) is 5.54 Å². The summed E-state index contributed by atoms with van der Waals surface area (Å²) < 4.78 is 0. The monoisotopic (exact) mass is 244 g/mol. The maximum absolute atomic E-state index is 3.48. The molecule has 2 nitrogen and oxygen atoms in total. The Morgan fingerprint density at radius 1 is 0.889 bits per heavy atom. The van der Waals surface area contributed by atoms with Crippen molar-refractivity contribution in [3.8, 4) is 0 Å². The summed E-state index contributed by atoms with van der Waals surface area (Å²) in [5.41, 5.74) is 1.88. The summed E-state index contributed by atoms with van der Waals surface area (Å²) in [5, 5.41) is 3.48. The molecule has 98 valence electrons. The van der Waals surface area contributed by atoms with Gasteiger partial charge < -0.3 is 5.32 Å². The van der Waals surface area contributed by atoms with Gasteiger partial charge >= 0.3 is 0 Å². The van der Waals surface area contributed by atoms with Crippen LogP contribution in [0, 0.1) is 0 Å². The van der Waals surface area contributed by atoms with Crippen molar-refractivity contribution >= 4 is 0 Å². The van der Waals surface area contributed by atoms with Gasteiger partial charge in [0.15, 0.2) is 0 Å². The van der Waals surface area contributed by atoms with Gasteiger partial charge in [0.1, 0.15) is 0 Å². The molecule has 1 heterocycles. The molecule has 0 unspecified atom stereocenters. The zero-order valence-electron chi connectivity index (χ0n) is 11.2. The van der Waals surface area contributed by atoms with Crippen molar-refractivity contribution in [1.82, 2.24) is 10.2 Å². The van der Waals surface area contributed by atoms with Crippen LogP contribution >= 0.6 is 0 Å². The Balaban J connectivity index is 1.92. The Morgan fingerprint density at radius 3 is 2.22 bits per heavy atom. The molecule has 0 aromatic heterocycles. The van der Waals surface area contributed by atoms with E-state index >= 15 is 0 Å². The minimum Gasteiger partial charge on any atom is -0.314 e. The molecule has 1 saturated carbocycles. The summed E-state index contributed by atoms with van der Waals surface area (Å²) in [6, 6.07) is 11.2. The summed E-state index contributed by atoms with van der Waals surface area (Å²) in [6.07, 6.45) is 6.88. The van der Waals surface area contributed by atoms with Crippen LogP contribution in [0.4, 0.5) is 0 Å². The molecule has 1 aliphatic heterocycles. The third-order valence-electron chi connectivity index (χ3n) is 4.71. The lowest BCUT2D eigenvalue weighted by atomic mass is 9.75. The van der Waals surface area contributed by atoms with Crippen LogP contribution < -0.4 is 5.32 Å². The zero-order chi connectivity index (χ0) is 12.3. The smallest absolute Gasteiger partial charge is 0.0461 e. The second kappa shape index (κ2) is 5.41. The average molecular weight is 244 g/mol. The SMILES string of the molecule is c1ccc(C2(N3CCNCC3)CCCCC2)cc1. The van der Waals surface area contributed by atoms with E-state index in [-0.39, 0.29) is 0 Å². The number of nitrogens with zero attached hydrogens (tertiary/aromatic N) is 1. The lowest BCUT2D eigenvalue weighted by Gasteiger charge is -2.48. The molecule has 1 N–H and O–H groups in total. The first-order chi connectivity index (χ1) is 8.92. The van der Waals surface area contributed by atoms with Crippen molar-refractivity contribution in [3.63, 3.8) is 0 Å². The summed E-state index contributed by atoms with van der Waals surface area (Å²) >= 11 is 0. The maximum atomic E-state index is 3.48. The molecule has 1 aromatic carbocycles. The second-order valence-corrected chi connectivity index (χ2v) is 5.70. The van der Waals surface area contributed by atoms with E-state index in [1.54, 1.807) is 5.56 Å². The highest BCUT2D eigenvalue weighted by Gasteiger charge is 2.39. The van der Waals surface area contributed by atoms with Crippen LogP contribution in [0.25, 0.3) is 0 Å². The topological polar surface area (TPSA) is 15.3 Å². The lowest BCUT2D eigenvalue weighted by Crippen LogP contribution is -2.55. The predicted molar refractivity (Wildman–Crippen MR) is 75.6 cm³/mol. The fourth-order valence-corrected chi connectivity index (χ4v) is 3.77. The largest absolute Gasteiger partial charge is 0.314 e. The van der Waals surface area contributed by atoms with Gasteiger partial charge in [-0.2, -0.15) is 0 Å². The maximum Gasteiger partial charge on any atom is 0.0461 e. The van der Waals surface area contributed by atoms with E-state index in [1.165, 1.54) is 45.2 Å². The van der Waals surface area contributed by atoms with Crippen LogP contribution in [0.2, 0.25) is 0 Å². The second-order valence-electron chi connectivity index (χ2n) is 5.70. The summed E-state index contributed by atoms with van der Waals surface area (Å²) in [5.74, 6) is 0. The molecule has 0 bridgehead atoms. The fourth-order valence-electron chi connectivity index (χ4n) is 3.77. The highest BCUT2D eigenvalue weighted by atomic mass is 15.2. The average Bonchev–Trinajstić information content (AvgIpc) is 2.50. The number of nitrogens with one attached hydrogen (secondary N) is 1. The Labute approximate surface area is 110 Å². The van der Waals surface area contributed by atoms with Gasteiger partial charge in [-0.05, 0) is 18.4 Å². The molecule has 0 atom stereocenters. The number of piperazine rings is 1. The molecule has 0 amide bonds. The fraction of sp³-hybridized carbons (Fsp3) is 0.625. The first kappa shape index (κ1) is 12.2. The van der Waals surface area contributed by atoms with Gasteiger partial charge in [0.05, 0.1) is 0 Å². The molecule has 3 rings (SSSR count). The molecule has 2 fully saturated rings. The molecule has 0 radical (unpaired) electrons. The normalized spacial score (nSPS) is 24.9. The Morgan fingerprint density at radius 2 is 1.56 bits per heavy atom. The number of hydrogen-bond acceptors (Lipinski definition) is 2. The van der Waals surface area contributed by atoms with Crippen molar-refractivity contribution in [2.75, 3.05) is 26.2 Å². The molecule has 0 spiro atoms. The van der Waals surface area contributed by atoms with Crippen molar-refractivity contribution in [2.45, 2.75) is 37.6 Å². The zero-order valence-corrected chi connectivity index (χ0v) is 11.2. The van der Waals surface area contributed by atoms with Gasteiger partial charge in [0, 0.05) is 31.7 Å². The first-order valence-electron chi connectivity index (χ1n) is 7.43. The molecule has 1 saturated heterocycles. The van der Waals surface area contributed by atoms with E-state index < -0.39 is 0 Å². The minimum atomic E-state index is 0.335. The molecular weight excluding hydrogens is 220 g/mol. The summed E-state index contributed by atoms with van der Waals surface area (Å²) in [6.45, 7) is 4.70. The Hall–Kier alpha value is -0.860. The van der Waals surface area contributed by atoms with Crippen LogP contribution in [0.1, 0.15) is 37.7 Å². The summed E-state index contributed by atoms with van der Waals surface area (Å²) in [4.78, 5) is 2.75. The molecule has 2 heteroatoms. The third-order valence-corrected chi connectivity index (χ3v) is 4.71. The van der Waals surface area contributed by atoms with Gasteiger partial charge in [0.2, 0.25) is 0 Å². The Bertz CT molecular complexity index is 362. The predicted octanol–water partition coefficient (Wildman–Crippen LogP) is 2.75. The molecule has 1 aliphatic carbocycles. The van der Waals surface area contributed by atoms with Crippen molar-refractivity contribution < 1.29 is 0 Å². The highest BCUT2D eigenvalue weighted by Crippen LogP contribution is 2.42. The van der Waals surface area contributed by atoms with E-state index in [0.29, 0.717) is 5.54 Å². The lowest BCUT2D eigenvalue weighted by molar-refractivity contribution is 0.0362. The van der Waals surface area contributed by atoms with Crippen LogP contribution in [0.3, 0.4) is 0 Å². The third kappa shape index (κ3) is 2.19. The quantitative estimate of drug-likeness (QED) is 0.860. The van der Waals surface area contributed by atoms with Crippen molar-refractivity contribution in [2.24, 2.45) is 0 Å². The molecule has 2 aliphatic rings. The van der Waals surface area contributed by atoms with E-state index in [0.717, 1.165) is 13.1 Å². The van der Waals surface area contributed by atoms with Crippen LogP contribution in [0.5, 0.6) is 0 Å². The molecular formula is C16H24N2. The number of hydrogen-bond donors (Lipinski definition) is 1. The van der Waals surface area contributed by atoms with Gasteiger partial charge in [-0.3, -0.25) is 4.90 Å². The van der Waals surface area contributed by atoms with Crippen molar-refractivity contribution in [1.29, 1.82) is 0 Å². The highest BCUT2D eigenvalue weighted by molar-refractivity contribution is 5.25. The van der Waals surface area contributed by atoms with Gasteiger partial charge in [-0.15, -0.1) is 0 Å². The molecule has 1 aromatic rings. The molecule has 18 heavy (non-hydrogen) atoms. The van der Waals surface area contributed by atoms with E-state index in [1.807, 2.05) is 0 Å². The van der Waals surface area contributed by atoms with E-state index in [2.05, 4.69) is 40.5 Å². The van der Waals surface area contributed by atoms with E-state index in [4.69, 9.17) is 0 Å². The Kier molecular flexibility index (Phi) is 3.67. The van der Waals surface area contributed by atoms with Gasteiger partial charge in [-0.25, -0.2) is 0 Å². The van der Waals surface area contributed by atoms with Gasteiger partial charge in [0.25, 0.3) is 0 Å². The van der Waals surface area contributed by atoms with Gasteiger partial charge in [-0.1, -0.05) is 49.6 Å². The minimum absolute atomic E-state index is 0.335. The van der Waals surface area contributed by atoms with Crippen LogP contribution in [-0.4, -0.2) is 31.1 Å². The van der Waals surface area contributed by atoms with Crippen molar-refractivity contribution in [3.05, 3.63) is 35.9 Å². The van der Waals surface area contributed by atoms with Crippen LogP contribution in [0.15, 0.2) is 30.3 Å². The first-order valence-corrected chi connectivity index (χ1v) is 7.43. The summed E-state index contributed by atoms with van der Waals surface area (Å²) in [7, 11) is 0. The number of benzene rings is 1. The number of rotatable bonds is 2.